The SMILES string of the molecule is CC(=O)c1c(O)c(Cc2c(O)c(C)c(C)oc2=O)c(O)c2c1OC(C)(C)C=C2. The summed E-state index contributed by atoms with van der Waals surface area (Å²) in [6.07, 6.45) is 2.99. The number of Topliss-reactive ketones (excluding diaryl/α,β-unsaturated/α-hetero) is 1. The Morgan fingerprint density at radius 2 is 1.71 bits per heavy atom. The van der Waals surface area contributed by atoms with Gasteiger partial charge in [0.25, 0.3) is 0 Å². The summed E-state index contributed by atoms with van der Waals surface area (Å²) in [5, 5.41) is 31.8. The third kappa shape index (κ3) is 3.02. The molecule has 2 heterocycles. The molecule has 0 atom stereocenters. The summed E-state index contributed by atoms with van der Waals surface area (Å²) in [5.74, 6) is -1.21. The summed E-state index contributed by atoms with van der Waals surface area (Å²) in [6, 6.07) is 0. The summed E-state index contributed by atoms with van der Waals surface area (Å²) < 4.78 is 10.9. The number of hydrogen-bond acceptors (Lipinski definition) is 7. The van der Waals surface area contributed by atoms with Gasteiger partial charge in [0.2, 0.25) is 0 Å². The van der Waals surface area contributed by atoms with Crippen LogP contribution >= 0.6 is 0 Å². The Morgan fingerprint density at radius 3 is 2.32 bits per heavy atom. The van der Waals surface area contributed by atoms with Crippen molar-refractivity contribution in [1.29, 1.82) is 0 Å². The van der Waals surface area contributed by atoms with Gasteiger partial charge in [-0.05, 0) is 46.8 Å². The fourth-order valence-corrected chi connectivity index (χ4v) is 3.21. The molecular formula is C21H22O7. The van der Waals surface area contributed by atoms with Gasteiger partial charge in [-0.3, -0.25) is 4.79 Å². The summed E-state index contributed by atoms with van der Waals surface area (Å²) in [7, 11) is 0. The van der Waals surface area contributed by atoms with E-state index in [0.717, 1.165) is 0 Å². The molecule has 1 aliphatic heterocycles. The number of benzene rings is 1. The third-order valence-electron chi connectivity index (χ3n) is 4.92. The largest absolute Gasteiger partial charge is 0.507 e. The van der Waals surface area contributed by atoms with Crippen molar-refractivity contribution in [3.05, 3.63) is 50.1 Å². The maximum Gasteiger partial charge on any atom is 0.343 e. The van der Waals surface area contributed by atoms with Crippen LogP contribution in [-0.2, 0) is 6.42 Å². The second-order valence-electron chi connectivity index (χ2n) is 7.46. The van der Waals surface area contributed by atoms with Gasteiger partial charge in [0.1, 0.15) is 39.9 Å². The average molecular weight is 386 g/mol. The Balaban J connectivity index is 2.28. The van der Waals surface area contributed by atoms with Gasteiger partial charge in [-0.1, -0.05) is 0 Å². The summed E-state index contributed by atoms with van der Waals surface area (Å²) in [4.78, 5) is 24.5. The highest BCUT2D eigenvalue weighted by atomic mass is 16.5. The number of ether oxygens (including phenoxy) is 1. The average Bonchev–Trinajstić information content (AvgIpc) is 2.58. The lowest BCUT2D eigenvalue weighted by Gasteiger charge is -2.30. The van der Waals surface area contributed by atoms with Gasteiger partial charge in [-0.25, -0.2) is 4.79 Å². The molecule has 0 aliphatic carbocycles. The Labute approximate surface area is 161 Å². The standard InChI is InChI=1S/C21H22O7/c1-9-11(3)27-20(26)14(16(9)23)8-13-17(24)12-6-7-21(4,5)28-19(12)15(10(2)22)18(13)25/h6-7,23-25H,8H2,1-5H3. The zero-order valence-electron chi connectivity index (χ0n) is 16.3. The normalized spacial score (nSPS) is 14.5. The minimum atomic E-state index is -0.783. The number of ketones is 1. The second-order valence-corrected chi connectivity index (χ2v) is 7.46. The number of carbonyl (C=O) groups is 1. The van der Waals surface area contributed by atoms with Crippen molar-refractivity contribution in [2.45, 2.75) is 46.6 Å². The van der Waals surface area contributed by atoms with Crippen molar-refractivity contribution < 1.29 is 29.3 Å². The molecule has 7 nitrogen and oxygen atoms in total. The number of aryl methyl sites for hydroxylation is 1. The molecule has 1 aromatic heterocycles. The number of rotatable bonds is 3. The molecule has 7 heteroatoms. The molecule has 3 rings (SSSR count). The van der Waals surface area contributed by atoms with E-state index in [1.807, 2.05) is 0 Å². The van der Waals surface area contributed by atoms with Crippen LogP contribution in [0.2, 0.25) is 0 Å². The molecular weight excluding hydrogens is 364 g/mol. The molecule has 0 bridgehead atoms. The number of hydrogen-bond donors (Lipinski definition) is 3. The van der Waals surface area contributed by atoms with Crippen LogP contribution in [0.1, 0.15) is 59.1 Å². The van der Waals surface area contributed by atoms with Crippen LogP contribution in [0.25, 0.3) is 6.08 Å². The zero-order chi connectivity index (χ0) is 21.0. The number of aromatic hydroxyl groups is 3. The first kappa shape index (κ1) is 19.5. The molecule has 1 aromatic carbocycles. The lowest BCUT2D eigenvalue weighted by molar-refractivity contribution is 0.0996. The van der Waals surface area contributed by atoms with Crippen molar-refractivity contribution in [3.63, 3.8) is 0 Å². The fraction of sp³-hybridized carbons (Fsp3) is 0.333. The van der Waals surface area contributed by atoms with Crippen LogP contribution in [0.3, 0.4) is 0 Å². The highest BCUT2D eigenvalue weighted by molar-refractivity contribution is 6.02. The maximum atomic E-state index is 12.2. The summed E-state index contributed by atoms with van der Waals surface area (Å²) in [6.45, 7) is 7.95. The number of phenols is 2. The van der Waals surface area contributed by atoms with Gasteiger partial charge in [0.15, 0.2) is 5.78 Å². The second kappa shape index (κ2) is 6.44. The van der Waals surface area contributed by atoms with Gasteiger partial charge < -0.3 is 24.5 Å². The maximum absolute atomic E-state index is 12.2. The van der Waals surface area contributed by atoms with E-state index in [-0.39, 0.29) is 51.7 Å². The highest BCUT2D eigenvalue weighted by Crippen LogP contribution is 2.47. The highest BCUT2D eigenvalue weighted by Gasteiger charge is 2.33. The van der Waals surface area contributed by atoms with Gasteiger partial charge in [0.05, 0.1) is 11.1 Å². The van der Waals surface area contributed by atoms with Gasteiger partial charge in [-0.15, -0.1) is 0 Å². The molecule has 2 aromatic rings. The molecule has 0 fully saturated rings. The van der Waals surface area contributed by atoms with Gasteiger partial charge in [-0.2, -0.15) is 0 Å². The van der Waals surface area contributed by atoms with Crippen LogP contribution in [0.15, 0.2) is 15.3 Å². The Morgan fingerprint density at radius 1 is 1.07 bits per heavy atom. The molecule has 28 heavy (non-hydrogen) atoms. The van der Waals surface area contributed by atoms with Crippen molar-refractivity contribution >= 4 is 11.9 Å². The van der Waals surface area contributed by atoms with E-state index < -0.39 is 22.8 Å². The molecule has 0 saturated heterocycles. The zero-order valence-corrected chi connectivity index (χ0v) is 16.3. The monoisotopic (exact) mass is 386 g/mol. The van der Waals surface area contributed by atoms with Crippen molar-refractivity contribution in [2.75, 3.05) is 0 Å². The Kier molecular flexibility index (Phi) is 4.49. The lowest BCUT2D eigenvalue weighted by Crippen LogP contribution is -2.28. The van der Waals surface area contributed by atoms with Crippen molar-refractivity contribution in [2.24, 2.45) is 0 Å². The van der Waals surface area contributed by atoms with Gasteiger partial charge in [0, 0.05) is 17.5 Å². The van der Waals surface area contributed by atoms with Crippen LogP contribution < -0.4 is 10.4 Å². The van der Waals surface area contributed by atoms with E-state index >= 15 is 0 Å². The van der Waals surface area contributed by atoms with E-state index in [2.05, 4.69) is 0 Å². The Bertz CT molecular complexity index is 1090. The topological polar surface area (TPSA) is 117 Å². The van der Waals surface area contributed by atoms with Crippen LogP contribution in [0.5, 0.6) is 23.0 Å². The van der Waals surface area contributed by atoms with E-state index in [1.165, 1.54) is 6.92 Å². The predicted molar refractivity (Wildman–Crippen MR) is 102 cm³/mol. The minimum absolute atomic E-state index is 0.0669. The molecule has 0 radical (unpaired) electrons. The van der Waals surface area contributed by atoms with Gasteiger partial charge >= 0.3 is 5.63 Å². The molecule has 3 N–H and O–H groups in total. The van der Waals surface area contributed by atoms with Crippen LogP contribution in [0, 0.1) is 13.8 Å². The van der Waals surface area contributed by atoms with E-state index in [0.29, 0.717) is 5.56 Å². The lowest BCUT2D eigenvalue weighted by atomic mass is 9.91. The smallest absolute Gasteiger partial charge is 0.343 e. The van der Waals surface area contributed by atoms with E-state index in [1.54, 1.807) is 39.8 Å². The molecule has 0 spiro atoms. The molecule has 0 amide bonds. The minimum Gasteiger partial charge on any atom is -0.507 e. The summed E-state index contributed by atoms with van der Waals surface area (Å²) in [5.41, 5.74) is -1.19. The number of carbonyl (C=O) groups excluding carboxylic acids is 1. The van der Waals surface area contributed by atoms with Crippen LogP contribution in [-0.4, -0.2) is 26.7 Å². The molecule has 0 saturated carbocycles. The Hall–Kier alpha value is -3.22. The third-order valence-corrected chi connectivity index (χ3v) is 4.92. The van der Waals surface area contributed by atoms with Crippen molar-refractivity contribution in [3.8, 4) is 23.0 Å². The summed E-state index contributed by atoms with van der Waals surface area (Å²) >= 11 is 0. The number of phenolic OH excluding ortho intramolecular Hbond substituents is 2. The fourth-order valence-electron chi connectivity index (χ4n) is 3.21. The predicted octanol–water partition coefficient (Wildman–Crippen LogP) is 3.35. The van der Waals surface area contributed by atoms with E-state index in [4.69, 9.17) is 9.15 Å². The number of fused-ring (bicyclic) bond motifs is 1. The first-order valence-electron chi connectivity index (χ1n) is 8.76. The molecule has 0 unspecified atom stereocenters. The van der Waals surface area contributed by atoms with Crippen molar-refractivity contribution in [1.82, 2.24) is 0 Å². The molecule has 148 valence electrons. The van der Waals surface area contributed by atoms with Crippen LogP contribution in [0.4, 0.5) is 0 Å². The first-order chi connectivity index (χ1) is 12.9. The first-order valence-corrected chi connectivity index (χ1v) is 8.76. The van der Waals surface area contributed by atoms with E-state index in [9.17, 15) is 24.9 Å². The quantitative estimate of drug-likeness (QED) is 0.693. The molecule has 1 aliphatic rings.